The molecule has 0 aliphatic carbocycles. The average molecular weight is 250 g/mol. The Hall–Kier alpha value is -0.890. The number of rotatable bonds is 0. The van der Waals surface area contributed by atoms with Gasteiger partial charge in [-0.1, -0.05) is 0 Å². The van der Waals surface area contributed by atoms with Crippen LogP contribution in [0.3, 0.4) is 0 Å². The van der Waals surface area contributed by atoms with Gasteiger partial charge in [0.25, 0.3) is 0 Å². The Morgan fingerprint density at radius 1 is 1.07 bits per heavy atom. The quantitative estimate of drug-likeness (QED) is 0.690. The van der Waals surface area contributed by atoms with Crippen LogP contribution in [0.2, 0.25) is 0 Å². The van der Waals surface area contributed by atoms with Gasteiger partial charge in [-0.2, -0.15) is 0 Å². The second kappa shape index (κ2) is 3.35. The van der Waals surface area contributed by atoms with E-state index in [2.05, 4.69) is 53.0 Å². The SMILES string of the molecule is Cc1cc(Br)c2nc(C)cc(C)c2c1. The fraction of sp³-hybridized carbons (Fsp3) is 0.250. The third-order valence-electron chi connectivity index (χ3n) is 2.35. The lowest BCUT2D eigenvalue weighted by atomic mass is 10.1. The van der Waals surface area contributed by atoms with E-state index in [0.717, 1.165) is 15.7 Å². The molecule has 2 heteroatoms. The molecule has 2 aromatic rings. The summed E-state index contributed by atoms with van der Waals surface area (Å²) in [7, 11) is 0. The van der Waals surface area contributed by atoms with Crippen LogP contribution < -0.4 is 0 Å². The number of benzene rings is 1. The Morgan fingerprint density at radius 2 is 1.79 bits per heavy atom. The van der Waals surface area contributed by atoms with E-state index >= 15 is 0 Å². The standard InChI is InChI=1S/C12H12BrN/c1-7-4-10-8(2)6-9(3)14-12(10)11(13)5-7/h4-6H,1-3H3. The van der Waals surface area contributed by atoms with Gasteiger partial charge in [0.1, 0.15) is 0 Å². The van der Waals surface area contributed by atoms with E-state index < -0.39 is 0 Å². The van der Waals surface area contributed by atoms with E-state index in [0.29, 0.717) is 0 Å². The van der Waals surface area contributed by atoms with E-state index in [-0.39, 0.29) is 0 Å². The van der Waals surface area contributed by atoms with Crippen LogP contribution in [0.5, 0.6) is 0 Å². The fourth-order valence-electron chi connectivity index (χ4n) is 1.75. The van der Waals surface area contributed by atoms with Crippen molar-refractivity contribution in [1.29, 1.82) is 0 Å². The number of pyridine rings is 1. The zero-order valence-electron chi connectivity index (χ0n) is 8.56. The number of fused-ring (bicyclic) bond motifs is 1. The monoisotopic (exact) mass is 249 g/mol. The fourth-order valence-corrected chi connectivity index (χ4v) is 2.41. The first-order valence-electron chi connectivity index (χ1n) is 4.62. The average Bonchev–Trinajstić information content (AvgIpc) is 2.07. The third kappa shape index (κ3) is 1.55. The zero-order valence-corrected chi connectivity index (χ0v) is 10.1. The number of aromatic nitrogens is 1. The van der Waals surface area contributed by atoms with Crippen molar-refractivity contribution in [3.05, 3.63) is 39.5 Å². The zero-order chi connectivity index (χ0) is 10.3. The molecule has 1 aromatic carbocycles. The van der Waals surface area contributed by atoms with E-state index in [4.69, 9.17) is 0 Å². The molecule has 0 saturated carbocycles. The highest BCUT2D eigenvalue weighted by molar-refractivity contribution is 9.10. The van der Waals surface area contributed by atoms with Crippen LogP contribution in [0.4, 0.5) is 0 Å². The summed E-state index contributed by atoms with van der Waals surface area (Å²) in [4.78, 5) is 4.53. The first-order valence-corrected chi connectivity index (χ1v) is 5.41. The van der Waals surface area contributed by atoms with E-state index in [1.807, 2.05) is 6.92 Å². The van der Waals surface area contributed by atoms with Gasteiger partial charge >= 0.3 is 0 Å². The van der Waals surface area contributed by atoms with Gasteiger partial charge in [0.15, 0.2) is 0 Å². The molecule has 14 heavy (non-hydrogen) atoms. The maximum absolute atomic E-state index is 4.53. The molecule has 1 nitrogen and oxygen atoms in total. The number of nitrogens with zero attached hydrogens (tertiary/aromatic N) is 1. The van der Waals surface area contributed by atoms with Crippen molar-refractivity contribution in [3.63, 3.8) is 0 Å². The van der Waals surface area contributed by atoms with Crippen LogP contribution in [0.25, 0.3) is 10.9 Å². The molecule has 2 rings (SSSR count). The first kappa shape index (κ1) is 9.66. The van der Waals surface area contributed by atoms with Crippen molar-refractivity contribution in [1.82, 2.24) is 4.98 Å². The summed E-state index contributed by atoms with van der Waals surface area (Å²) in [5, 5.41) is 1.24. The van der Waals surface area contributed by atoms with Gasteiger partial charge in [-0.25, -0.2) is 0 Å². The lowest BCUT2D eigenvalue weighted by molar-refractivity contribution is 1.23. The van der Waals surface area contributed by atoms with Crippen molar-refractivity contribution in [2.75, 3.05) is 0 Å². The molecule has 0 aliphatic rings. The normalized spacial score (nSPS) is 10.9. The molecule has 0 fully saturated rings. The Bertz CT molecular complexity index is 456. The summed E-state index contributed by atoms with van der Waals surface area (Å²) < 4.78 is 1.08. The predicted molar refractivity (Wildman–Crippen MR) is 63.7 cm³/mol. The van der Waals surface area contributed by atoms with Crippen molar-refractivity contribution in [2.24, 2.45) is 0 Å². The Labute approximate surface area is 92.3 Å². The number of aryl methyl sites for hydroxylation is 3. The van der Waals surface area contributed by atoms with Crippen LogP contribution in [0.1, 0.15) is 16.8 Å². The molecular formula is C12H12BrN. The lowest BCUT2D eigenvalue weighted by Crippen LogP contribution is -1.89. The Morgan fingerprint density at radius 3 is 2.50 bits per heavy atom. The van der Waals surface area contributed by atoms with E-state index in [1.165, 1.54) is 16.5 Å². The van der Waals surface area contributed by atoms with Gasteiger partial charge < -0.3 is 0 Å². The molecule has 0 spiro atoms. The van der Waals surface area contributed by atoms with Gasteiger partial charge in [0, 0.05) is 15.6 Å². The molecule has 0 atom stereocenters. The van der Waals surface area contributed by atoms with Gasteiger partial charge in [0.05, 0.1) is 5.52 Å². The first-order chi connectivity index (χ1) is 6.58. The Balaban J connectivity index is 2.94. The molecule has 0 unspecified atom stereocenters. The minimum Gasteiger partial charge on any atom is -0.252 e. The van der Waals surface area contributed by atoms with Crippen LogP contribution in [0.15, 0.2) is 22.7 Å². The third-order valence-corrected chi connectivity index (χ3v) is 2.95. The summed E-state index contributed by atoms with van der Waals surface area (Å²) in [5.74, 6) is 0. The van der Waals surface area contributed by atoms with E-state index in [1.54, 1.807) is 0 Å². The van der Waals surface area contributed by atoms with Gasteiger partial charge in [-0.3, -0.25) is 4.98 Å². The largest absolute Gasteiger partial charge is 0.252 e. The molecule has 1 aromatic heterocycles. The number of hydrogen-bond donors (Lipinski definition) is 0. The minimum atomic E-state index is 1.06. The highest BCUT2D eigenvalue weighted by Gasteiger charge is 2.04. The summed E-state index contributed by atoms with van der Waals surface area (Å²) >= 11 is 3.55. The van der Waals surface area contributed by atoms with Crippen LogP contribution in [-0.4, -0.2) is 4.98 Å². The van der Waals surface area contributed by atoms with Crippen LogP contribution in [0, 0.1) is 20.8 Å². The topological polar surface area (TPSA) is 12.9 Å². The minimum absolute atomic E-state index is 1.06. The summed E-state index contributed by atoms with van der Waals surface area (Å²) in [6.45, 7) is 6.26. The molecule has 0 radical (unpaired) electrons. The second-order valence-electron chi connectivity index (χ2n) is 3.72. The molecule has 72 valence electrons. The van der Waals surface area contributed by atoms with Crippen molar-refractivity contribution < 1.29 is 0 Å². The van der Waals surface area contributed by atoms with Crippen molar-refractivity contribution >= 4 is 26.8 Å². The van der Waals surface area contributed by atoms with Crippen molar-refractivity contribution in [3.8, 4) is 0 Å². The highest BCUT2D eigenvalue weighted by Crippen LogP contribution is 2.26. The molecule has 0 amide bonds. The summed E-state index contributed by atoms with van der Waals surface area (Å²) in [6.07, 6.45) is 0. The van der Waals surface area contributed by atoms with Gasteiger partial charge in [0.2, 0.25) is 0 Å². The summed E-state index contributed by atoms with van der Waals surface area (Å²) in [5.41, 5.74) is 4.68. The van der Waals surface area contributed by atoms with Crippen molar-refractivity contribution in [2.45, 2.75) is 20.8 Å². The molecule has 0 bridgehead atoms. The number of hydrogen-bond acceptors (Lipinski definition) is 1. The Kier molecular flexibility index (Phi) is 2.31. The maximum atomic E-state index is 4.53. The number of halogens is 1. The lowest BCUT2D eigenvalue weighted by Gasteiger charge is -2.06. The molecular weight excluding hydrogens is 238 g/mol. The molecule has 0 aliphatic heterocycles. The maximum Gasteiger partial charge on any atom is 0.0849 e. The van der Waals surface area contributed by atoms with Gasteiger partial charge in [-0.15, -0.1) is 0 Å². The smallest absolute Gasteiger partial charge is 0.0849 e. The second-order valence-corrected chi connectivity index (χ2v) is 4.58. The van der Waals surface area contributed by atoms with Gasteiger partial charge in [-0.05, 0) is 66.0 Å². The van der Waals surface area contributed by atoms with Crippen LogP contribution >= 0.6 is 15.9 Å². The molecule has 0 N–H and O–H groups in total. The molecule has 1 heterocycles. The molecule has 0 saturated heterocycles. The van der Waals surface area contributed by atoms with E-state index in [9.17, 15) is 0 Å². The highest BCUT2D eigenvalue weighted by atomic mass is 79.9. The summed E-state index contributed by atoms with van der Waals surface area (Å²) in [6, 6.07) is 6.41. The van der Waals surface area contributed by atoms with Crippen LogP contribution in [-0.2, 0) is 0 Å². The predicted octanol–water partition coefficient (Wildman–Crippen LogP) is 3.92.